The fraction of sp³-hybridized carbons (Fsp3) is 0.571. The van der Waals surface area contributed by atoms with Crippen molar-refractivity contribution in [3.05, 3.63) is 28.2 Å². The molecule has 1 aliphatic carbocycles. The molecule has 1 aliphatic heterocycles. The maximum Gasteiger partial charge on any atom is 0.138 e. The average molecular weight is 286 g/mol. The number of hydrogen-bond acceptors (Lipinski definition) is 2. The number of ether oxygens (including phenoxy) is 1. The molecular formula is C14H17Cl2NO. The largest absolute Gasteiger partial charge is 0.488 e. The Kier molecular flexibility index (Phi) is 3.69. The quantitative estimate of drug-likeness (QED) is 0.910. The molecule has 98 valence electrons. The Bertz CT molecular complexity index is 428. The van der Waals surface area contributed by atoms with E-state index in [0.29, 0.717) is 28.0 Å². The van der Waals surface area contributed by atoms with E-state index in [1.807, 2.05) is 12.1 Å². The van der Waals surface area contributed by atoms with Gasteiger partial charge in [0.25, 0.3) is 0 Å². The second kappa shape index (κ2) is 5.28. The van der Waals surface area contributed by atoms with Crippen LogP contribution in [0.15, 0.2) is 18.2 Å². The zero-order valence-electron chi connectivity index (χ0n) is 10.2. The molecule has 3 rings (SSSR count). The molecule has 2 atom stereocenters. The van der Waals surface area contributed by atoms with Crippen LogP contribution in [0.2, 0.25) is 10.0 Å². The Morgan fingerprint density at radius 3 is 2.61 bits per heavy atom. The third kappa shape index (κ3) is 2.76. The minimum absolute atomic E-state index is 0.304. The van der Waals surface area contributed by atoms with Gasteiger partial charge in [-0.15, -0.1) is 0 Å². The van der Waals surface area contributed by atoms with Crippen molar-refractivity contribution < 1.29 is 4.74 Å². The molecule has 2 aliphatic rings. The summed E-state index contributed by atoms with van der Waals surface area (Å²) >= 11 is 12.1. The van der Waals surface area contributed by atoms with E-state index in [2.05, 4.69) is 5.32 Å². The van der Waals surface area contributed by atoms with Crippen molar-refractivity contribution in [3.8, 4) is 5.75 Å². The van der Waals surface area contributed by atoms with Gasteiger partial charge in [0.05, 0.1) is 5.02 Å². The number of nitrogens with one attached hydrogen (secondary N) is 1. The molecule has 18 heavy (non-hydrogen) atoms. The minimum Gasteiger partial charge on any atom is -0.488 e. The van der Waals surface area contributed by atoms with Crippen LogP contribution in [0.4, 0.5) is 0 Å². The van der Waals surface area contributed by atoms with Crippen LogP contribution in [0.3, 0.4) is 0 Å². The minimum atomic E-state index is 0.304. The Hall–Kier alpha value is -0.440. The van der Waals surface area contributed by atoms with Gasteiger partial charge in [-0.25, -0.2) is 0 Å². The average Bonchev–Trinajstić information content (AvgIpc) is 3.03. The molecule has 0 unspecified atom stereocenters. The first-order chi connectivity index (χ1) is 8.74. The van der Waals surface area contributed by atoms with Crippen LogP contribution in [0, 0.1) is 11.8 Å². The van der Waals surface area contributed by atoms with Crippen LogP contribution in [0.25, 0.3) is 0 Å². The number of rotatable bonds is 4. The highest BCUT2D eigenvalue weighted by molar-refractivity contribution is 6.35. The summed E-state index contributed by atoms with van der Waals surface area (Å²) in [6, 6.07) is 5.46. The van der Waals surface area contributed by atoms with Gasteiger partial charge in [0, 0.05) is 17.5 Å². The molecule has 4 heteroatoms. The summed E-state index contributed by atoms with van der Waals surface area (Å²) in [5, 5.41) is 4.67. The normalized spacial score (nSPS) is 25.1. The Morgan fingerprint density at radius 2 is 2.00 bits per heavy atom. The molecule has 0 radical (unpaired) electrons. The van der Waals surface area contributed by atoms with E-state index in [1.54, 1.807) is 6.07 Å². The topological polar surface area (TPSA) is 21.3 Å². The predicted octanol–water partition coefficient (Wildman–Crippen LogP) is 3.76. The van der Waals surface area contributed by atoms with E-state index in [-0.39, 0.29) is 0 Å². The Balaban J connectivity index is 1.75. The summed E-state index contributed by atoms with van der Waals surface area (Å²) in [7, 11) is 0. The molecule has 1 aromatic rings. The van der Waals surface area contributed by atoms with Crippen molar-refractivity contribution in [2.24, 2.45) is 11.8 Å². The first-order valence-corrected chi connectivity index (χ1v) is 7.32. The van der Waals surface area contributed by atoms with Gasteiger partial charge >= 0.3 is 0 Å². The standard InChI is InChI=1S/C14H17Cl2NO/c15-11-3-4-13(12(16)7-11)18-14(9-1-2-9)10-5-6-17-8-10/h3-4,7,9-10,14,17H,1-2,5-6,8H2/t10-,14+/m0/s1. The molecule has 0 aromatic heterocycles. The molecule has 0 amide bonds. The smallest absolute Gasteiger partial charge is 0.138 e. The third-order valence-corrected chi connectivity index (χ3v) is 4.34. The van der Waals surface area contributed by atoms with Crippen molar-refractivity contribution in [2.75, 3.05) is 13.1 Å². The fourth-order valence-electron chi connectivity index (χ4n) is 2.68. The molecule has 1 aromatic carbocycles. The lowest BCUT2D eigenvalue weighted by molar-refractivity contribution is 0.121. The molecule has 1 heterocycles. The van der Waals surface area contributed by atoms with E-state index in [4.69, 9.17) is 27.9 Å². The Morgan fingerprint density at radius 1 is 1.17 bits per heavy atom. The second-order valence-electron chi connectivity index (χ2n) is 5.25. The summed E-state index contributed by atoms with van der Waals surface area (Å²) in [6.45, 7) is 2.16. The molecule has 0 bridgehead atoms. The summed E-state index contributed by atoms with van der Waals surface area (Å²) < 4.78 is 6.18. The lowest BCUT2D eigenvalue weighted by Crippen LogP contribution is -2.30. The highest BCUT2D eigenvalue weighted by Gasteiger charge is 2.39. The molecule has 2 fully saturated rings. The van der Waals surface area contributed by atoms with Crippen LogP contribution in [-0.2, 0) is 0 Å². The van der Waals surface area contributed by atoms with E-state index in [9.17, 15) is 0 Å². The van der Waals surface area contributed by atoms with E-state index >= 15 is 0 Å². The van der Waals surface area contributed by atoms with Crippen molar-refractivity contribution in [1.82, 2.24) is 5.32 Å². The van der Waals surface area contributed by atoms with Crippen LogP contribution < -0.4 is 10.1 Å². The molecule has 0 spiro atoms. The fourth-order valence-corrected chi connectivity index (χ4v) is 3.13. The van der Waals surface area contributed by atoms with Gasteiger partial charge in [-0.05, 0) is 49.9 Å². The van der Waals surface area contributed by atoms with Crippen molar-refractivity contribution in [3.63, 3.8) is 0 Å². The zero-order valence-corrected chi connectivity index (χ0v) is 11.7. The first kappa shape index (κ1) is 12.6. The van der Waals surface area contributed by atoms with E-state index in [0.717, 1.165) is 18.8 Å². The van der Waals surface area contributed by atoms with Gasteiger partial charge < -0.3 is 10.1 Å². The van der Waals surface area contributed by atoms with Crippen LogP contribution >= 0.6 is 23.2 Å². The molecule has 2 nitrogen and oxygen atoms in total. The first-order valence-electron chi connectivity index (χ1n) is 6.56. The van der Waals surface area contributed by atoms with Crippen LogP contribution in [0.1, 0.15) is 19.3 Å². The van der Waals surface area contributed by atoms with Gasteiger partial charge in [-0.3, -0.25) is 0 Å². The number of halogens is 2. The summed E-state index contributed by atoms with van der Waals surface area (Å²) in [4.78, 5) is 0. The highest BCUT2D eigenvalue weighted by atomic mass is 35.5. The van der Waals surface area contributed by atoms with Crippen molar-refractivity contribution >= 4 is 23.2 Å². The van der Waals surface area contributed by atoms with Gasteiger partial charge in [0.15, 0.2) is 0 Å². The van der Waals surface area contributed by atoms with Crippen LogP contribution in [0.5, 0.6) is 5.75 Å². The predicted molar refractivity (Wildman–Crippen MR) is 74.6 cm³/mol. The second-order valence-corrected chi connectivity index (χ2v) is 6.09. The maximum atomic E-state index is 6.18. The van der Waals surface area contributed by atoms with Crippen molar-refractivity contribution in [2.45, 2.75) is 25.4 Å². The van der Waals surface area contributed by atoms with E-state index < -0.39 is 0 Å². The van der Waals surface area contributed by atoms with E-state index in [1.165, 1.54) is 19.3 Å². The lowest BCUT2D eigenvalue weighted by atomic mass is 9.97. The SMILES string of the molecule is Clc1ccc(O[C@H](C2CC2)[C@H]2CCNC2)c(Cl)c1. The molecule has 1 saturated heterocycles. The summed E-state index contributed by atoms with van der Waals surface area (Å²) in [6.07, 6.45) is 4.07. The highest BCUT2D eigenvalue weighted by Crippen LogP contribution is 2.41. The monoisotopic (exact) mass is 285 g/mol. The zero-order chi connectivity index (χ0) is 12.5. The van der Waals surface area contributed by atoms with Gasteiger partial charge in [0.1, 0.15) is 11.9 Å². The van der Waals surface area contributed by atoms with Gasteiger partial charge in [-0.1, -0.05) is 23.2 Å². The molecule has 1 N–H and O–H groups in total. The third-order valence-electron chi connectivity index (χ3n) is 3.81. The van der Waals surface area contributed by atoms with Crippen molar-refractivity contribution in [1.29, 1.82) is 0 Å². The van der Waals surface area contributed by atoms with Crippen LogP contribution in [-0.4, -0.2) is 19.2 Å². The maximum absolute atomic E-state index is 6.18. The summed E-state index contributed by atoms with van der Waals surface area (Å²) in [5.41, 5.74) is 0. The number of benzene rings is 1. The lowest BCUT2D eigenvalue weighted by Gasteiger charge is -2.24. The summed E-state index contributed by atoms with van der Waals surface area (Å²) in [5.74, 6) is 2.09. The van der Waals surface area contributed by atoms with Gasteiger partial charge in [0.2, 0.25) is 0 Å². The molecule has 1 saturated carbocycles. The van der Waals surface area contributed by atoms with Gasteiger partial charge in [-0.2, -0.15) is 0 Å². The molecular weight excluding hydrogens is 269 g/mol. The number of hydrogen-bond donors (Lipinski definition) is 1. The Labute approximate surface area is 118 Å².